The van der Waals surface area contributed by atoms with Crippen LogP contribution in [0.15, 0.2) is 18.2 Å². The first-order valence-corrected chi connectivity index (χ1v) is 9.68. The van der Waals surface area contributed by atoms with Gasteiger partial charge < -0.3 is 19.1 Å². The summed E-state index contributed by atoms with van der Waals surface area (Å²) in [4.78, 5) is 17.8. The molecule has 1 aromatic carbocycles. The van der Waals surface area contributed by atoms with Gasteiger partial charge in [-0.05, 0) is 43.9 Å². The summed E-state index contributed by atoms with van der Waals surface area (Å²) in [5.74, 6) is 1.88. The van der Waals surface area contributed by atoms with E-state index in [1.54, 1.807) is 7.11 Å². The lowest BCUT2D eigenvalue weighted by molar-refractivity contribution is -0.144. The van der Waals surface area contributed by atoms with Crippen molar-refractivity contribution in [1.82, 2.24) is 4.90 Å². The molecular formula is C21H28N2O4. The number of rotatable bonds is 8. The van der Waals surface area contributed by atoms with Crippen molar-refractivity contribution < 1.29 is 19.0 Å². The van der Waals surface area contributed by atoms with Gasteiger partial charge in [0.25, 0.3) is 5.54 Å². The van der Waals surface area contributed by atoms with Crippen LogP contribution in [0.3, 0.4) is 0 Å². The standard InChI is InChI=1S/C21H28N2O4/c1-4-26-20(24)14-23-11-9-21(22-2,10-12-23)17-7-8-18(25-3)19(13-17)27-15-16-5-6-16/h7-8,13,16H,4-6,9-12,14-15H2,1,3H3. The van der Waals surface area contributed by atoms with Crippen LogP contribution in [0, 0.1) is 12.5 Å². The SMILES string of the molecule is [C-]#[N+]C1(c2ccc(OC)c(OCC3CC3)c2)CCN(CC(=O)OCC)CC1. The fourth-order valence-electron chi connectivity index (χ4n) is 3.51. The van der Waals surface area contributed by atoms with Crippen molar-refractivity contribution in [3.05, 3.63) is 35.2 Å². The molecule has 0 amide bonds. The zero-order valence-corrected chi connectivity index (χ0v) is 16.2. The van der Waals surface area contributed by atoms with Gasteiger partial charge in [0.1, 0.15) is 0 Å². The summed E-state index contributed by atoms with van der Waals surface area (Å²) in [7, 11) is 1.64. The first-order chi connectivity index (χ1) is 13.1. The molecular weight excluding hydrogens is 344 g/mol. The highest BCUT2D eigenvalue weighted by atomic mass is 16.5. The average molecular weight is 372 g/mol. The van der Waals surface area contributed by atoms with Crippen LogP contribution in [0.2, 0.25) is 0 Å². The maximum Gasteiger partial charge on any atom is 0.320 e. The van der Waals surface area contributed by atoms with Crippen molar-refractivity contribution in [3.63, 3.8) is 0 Å². The van der Waals surface area contributed by atoms with Crippen LogP contribution in [0.25, 0.3) is 4.85 Å². The second kappa shape index (κ2) is 8.62. The van der Waals surface area contributed by atoms with Gasteiger partial charge in [-0.25, -0.2) is 6.57 Å². The molecule has 6 heteroatoms. The molecule has 1 saturated carbocycles. The molecule has 2 aliphatic rings. The Morgan fingerprint density at radius 1 is 1.30 bits per heavy atom. The number of piperidine rings is 1. The smallest absolute Gasteiger partial charge is 0.320 e. The van der Waals surface area contributed by atoms with Crippen molar-refractivity contribution in [2.45, 2.75) is 38.1 Å². The molecule has 1 aliphatic carbocycles. The molecule has 6 nitrogen and oxygen atoms in total. The van der Waals surface area contributed by atoms with E-state index >= 15 is 0 Å². The maximum atomic E-state index is 11.7. The van der Waals surface area contributed by atoms with E-state index in [9.17, 15) is 4.79 Å². The maximum absolute atomic E-state index is 11.7. The molecule has 1 saturated heterocycles. The first kappa shape index (κ1) is 19.5. The lowest BCUT2D eigenvalue weighted by Gasteiger charge is -2.33. The van der Waals surface area contributed by atoms with Gasteiger partial charge in [0, 0.05) is 31.5 Å². The normalized spacial score (nSPS) is 19.1. The highest BCUT2D eigenvalue weighted by Crippen LogP contribution is 2.41. The Morgan fingerprint density at radius 2 is 2.04 bits per heavy atom. The van der Waals surface area contributed by atoms with E-state index in [1.807, 2.05) is 25.1 Å². The van der Waals surface area contributed by atoms with Gasteiger partial charge in [-0.15, -0.1) is 0 Å². The molecule has 0 aromatic heterocycles. The number of methoxy groups -OCH3 is 1. The van der Waals surface area contributed by atoms with Crippen LogP contribution in [-0.2, 0) is 15.1 Å². The molecule has 0 radical (unpaired) electrons. The topological polar surface area (TPSA) is 52.4 Å². The third kappa shape index (κ3) is 4.72. The quantitative estimate of drug-likeness (QED) is 0.518. The van der Waals surface area contributed by atoms with E-state index in [-0.39, 0.29) is 5.97 Å². The summed E-state index contributed by atoms with van der Waals surface area (Å²) in [6.45, 7) is 12.5. The van der Waals surface area contributed by atoms with Gasteiger partial charge in [-0.2, -0.15) is 0 Å². The van der Waals surface area contributed by atoms with Crippen molar-refractivity contribution in [2.75, 3.05) is 40.0 Å². The van der Waals surface area contributed by atoms with Crippen LogP contribution in [0.5, 0.6) is 11.5 Å². The number of nitrogens with zero attached hydrogens (tertiary/aromatic N) is 2. The number of ether oxygens (including phenoxy) is 3. The van der Waals surface area contributed by atoms with E-state index in [2.05, 4.69) is 9.74 Å². The fourth-order valence-corrected chi connectivity index (χ4v) is 3.51. The molecule has 146 valence electrons. The number of benzene rings is 1. The number of carbonyl (C=O) groups excluding carboxylic acids is 1. The minimum atomic E-state index is -0.574. The number of hydrogen-bond donors (Lipinski definition) is 0. The molecule has 0 unspecified atom stereocenters. The molecule has 1 heterocycles. The van der Waals surface area contributed by atoms with Gasteiger partial charge in [-0.1, -0.05) is 0 Å². The Bertz CT molecular complexity index is 701. The molecule has 0 spiro atoms. The Balaban J connectivity index is 1.70. The third-order valence-corrected chi connectivity index (χ3v) is 5.43. The predicted octanol–water partition coefficient (Wildman–Crippen LogP) is 3.26. The fraction of sp³-hybridized carbons (Fsp3) is 0.619. The molecule has 0 N–H and O–H groups in total. The summed E-state index contributed by atoms with van der Waals surface area (Å²) < 4.78 is 16.4. The summed E-state index contributed by atoms with van der Waals surface area (Å²) >= 11 is 0. The van der Waals surface area contributed by atoms with Gasteiger partial charge in [0.05, 0.1) is 26.9 Å². The molecule has 27 heavy (non-hydrogen) atoms. The number of esters is 1. The minimum Gasteiger partial charge on any atom is -0.493 e. The Kier molecular flexibility index (Phi) is 6.22. The van der Waals surface area contributed by atoms with E-state index in [1.165, 1.54) is 12.8 Å². The highest BCUT2D eigenvalue weighted by Gasteiger charge is 2.43. The zero-order chi connectivity index (χ0) is 19.3. The van der Waals surface area contributed by atoms with Crippen molar-refractivity contribution in [3.8, 4) is 11.5 Å². The van der Waals surface area contributed by atoms with E-state index in [4.69, 9.17) is 20.8 Å². The molecule has 2 fully saturated rings. The number of carbonyl (C=O) groups is 1. The summed E-state index contributed by atoms with van der Waals surface area (Å²) in [5.41, 5.74) is 0.398. The summed E-state index contributed by atoms with van der Waals surface area (Å²) in [5, 5.41) is 0. The van der Waals surface area contributed by atoms with Crippen LogP contribution in [-0.4, -0.2) is 50.8 Å². The van der Waals surface area contributed by atoms with Crippen LogP contribution in [0.4, 0.5) is 0 Å². The first-order valence-electron chi connectivity index (χ1n) is 9.68. The summed E-state index contributed by atoms with van der Waals surface area (Å²) in [6.07, 6.45) is 3.82. The molecule has 3 rings (SSSR count). The largest absolute Gasteiger partial charge is 0.493 e. The molecule has 1 aromatic rings. The van der Waals surface area contributed by atoms with Crippen molar-refractivity contribution in [1.29, 1.82) is 0 Å². The molecule has 0 bridgehead atoms. The monoisotopic (exact) mass is 372 g/mol. The molecule has 1 aliphatic heterocycles. The van der Waals surface area contributed by atoms with Crippen LogP contribution < -0.4 is 9.47 Å². The van der Waals surface area contributed by atoms with Gasteiger partial charge in [-0.3, -0.25) is 9.69 Å². The average Bonchev–Trinajstić information content (AvgIpc) is 3.51. The minimum absolute atomic E-state index is 0.201. The van der Waals surface area contributed by atoms with Gasteiger partial charge in [0.2, 0.25) is 0 Å². The van der Waals surface area contributed by atoms with E-state index in [0.29, 0.717) is 57.4 Å². The Morgan fingerprint density at radius 3 is 2.63 bits per heavy atom. The number of likely N-dealkylation sites (tertiary alicyclic amines) is 1. The number of hydrogen-bond acceptors (Lipinski definition) is 5. The second-order valence-corrected chi connectivity index (χ2v) is 7.34. The lowest BCUT2D eigenvalue weighted by Crippen LogP contribution is -2.43. The van der Waals surface area contributed by atoms with E-state index < -0.39 is 5.54 Å². The lowest BCUT2D eigenvalue weighted by atomic mass is 9.81. The molecule has 0 atom stereocenters. The van der Waals surface area contributed by atoms with Gasteiger partial charge in [0.15, 0.2) is 11.5 Å². The summed E-state index contributed by atoms with van der Waals surface area (Å²) in [6, 6.07) is 5.84. The van der Waals surface area contributed by atoms with Crippen molar-refractivity contribution in [2.24, 2.45) is 5.92 Å². The van der Waals surface area contributed by atoms with E-state index in [0.717, 1.165) is 11.3 Å². The van der Waals surface area contributed by atoms with Crippen molar-refractivity contribution >= 4 is 5.97 Å². The van der Waals surface area contributed by atoms with Gasteiger partial charge >= 0.3 is 5.97 Å². The second-order valence-electron chi connectivity index (χ2n) is 7.34. The Hall–Kier alpha value is -2.26. The zero-order valence-electron chi connectivity index (χ0n) is 16.2. The van der Waals surface area contributed by atoms with Crippen LogP contribution >= 0.6 is 0 Å². The van der Waals surface area contributed by atoms with Crippen LogP contribution in [0.1, 0.15) is 38.2 Å². The Labute approximate surface area is 161 Å². The highest BCUT2D eigenvalue weighted by molar-refractivity contribution is 5.71. The predicted molar refractivity (Wildman–Crippen MR) is 102 cm³/mol. The third-order valence-electron chi connectivity index (χ3n) is 5.43.